The van der Waals surface area contributed by atoms with Crippen LogP contribution in [-0.4, -0.2) is 9.55 Å². The van der Waals surface area contributed by atoms with Gasteiger partial charge in [-0.3, -0.25) is 4.57 Å². The molecule has 2 aromatic rings. The van der Waals surface area contributed by atoms with Crippen molar-refractivity contribution in [3.05, 3.63) is 45.4 Å². The average Bonchev–Trinajstić information content (AvgIpc) is 2.64. The van der Waals surface area contributed by atoms with Crippen molar-refractivity contribution < 1.29 is 0 Å². The zero-order valence-corrected chi connectivity index (χ0v) is 11.7. The van der Waals surface area contributed by atoms with Crippen molar-refractivity contribution >= 4 is 23.8 Å². The average molecular weight is 267 g/mol. The number of halogens is 1. The van der Waals surface area contributed by atoms with E-state index in [2.05, 4.69) is 24.9 Å². The molecule has 0 fully saturated rings. The standard InChI is InChI=1S/C13H15ClN2S/c1-8(2)12-7-15-13(17)16(12)11-6-9(3)4-5-10(11)14/h4-8H,1-3H3,(H,15,17). The summed E-state index contributed by atoms with van der Waals surface area (Å²) < 4.78 is 2.69. The number of hydrogen-bond acceptors (Lipinski definition) is 1. The summed E-state index contributed by atoms with van der Waals surface area (Å²) in [6.45, 7) is 6.32. The molecule has 0 aliphatic rings. The van der Waals surface area contributed by atoms with Crippen LogP contribution in [0.1, 0.15) is 31.0 Å². The highest BCUT2D eigenvalue weighted by Gasteiger charge is 2.12. The first-order valence-electron chi connectivity index (χ1n) is 5.57. The summed E-state index contributed by atoms with van der Waals surface area (Å²) >= 11 is 11.6. The second kappa shape index (κ2) is 4.67. The van der Waals surface area contributed by atoms with Crippen molar-refractivity contribution in [3.63, 3.8) is 0 Å². The number of rotatable bonds is 2. The molecule has 2 rings (SSSR count). The van der Waals surface area contributed by atoms with Crippen LogP contribution in [0.15, 0.2) is 24.4 Å². The lowest BCUT2D eigenvalue weighted by atomic mass is 10.1. The molecule has 4 heteroatoms. The molecule has 17 heavy (non-hydrogen) atoms. The van der Waals surface area contributed by atoms with Gasteiger partial charge in [-0.15, -0.1) is 0 Å². The Bertz CT molecular complexity index is 596. The van der Waals surface area contributed by atoms with E-state index in [9.17, 15) is 0 Å². The molecule has 1 heterocycles. The Kier molecular flexibility index (Phi) is 3.40. The molecule has 0 bridgehead atoms. The SMILES string of the molecule is Cc1ccc(Cl)c(-n2c(C(C)C)c[nH]c2=S)c1. The van der Waals surface area contributed by atoms with Crippen LogP contribution in [0, 0.1) is 11.7 Å². The van der Waals surface area contributed by atoms with Gasteiger partial charge in [-0.2, -0.15) is 0 Å². The van der Waals surface area contributed by atoms with Crippen LogP contribution < -0.4 is 0 Å². The summed E-state index contributed by atoms with van der Waals surface area (Å²) in [4.78, 5) is 3.08. The highest BCUT2D eigenvalue weighted by atomic mass is 35.5. The summed E-state index contributed by atoms with van der Waals surface area (Å²) in [7, 11) is 0. The maximum atomic E-state index is 6.26. The number of nitrogens with zero attached hydrogens (tertiary/aromatic N) is 1. The Morgan fingerprint density at radius 3 is 2.71 bits per heavy atom. The Balaban J connectivity index is 2.72. The Morgan fingerprint density at radius 2 is 2.06 bits per heavy atom. The number of aromatic amines is 1. The van der Waals surface area contributed by atoms with E-state index in [-0.39, 0.29) is 0 Å². The minimum absolute atomic E-state index is 0.388. The van der Waals surface area contributed by atoms with Crippen LogP contribution >= 0.6 is 23.8 Å². The zero-order chi connectivity index (χ0) is 12.6. The lowest BCUT2D eigenvalue weighted by Crippen LogP contribution is -2.03. The number of H-pyrrole nitrogens is 1. The van der Waals surface area contributed by atoms with Crippen LogP contribution in [0.3, 0.4) is 0 Å². The molecule has 1 aromatic carbocycles. The monoisotopic (exact) mass is 266 g/mol. The first-order chi connectivity index (χ1) is 8.00. The Labute approximate surface area is 111 Å². The van der Waals surface area contributed by atoms with Crippen molar-refractivity contribution in [1.82, 2.24) is 9.55 Å². The molecular weight excluding hydrogens is 252 g/mol. The third kappa shape index (κ3) is 2.31. The lowest BCUT2D eigenvalue weighted by Gasteiger charge is -2.13. The van der Waals surface area contributed by atoms with Gasteiger partial charge in [0.25, 0.3) is 0 Å². The minimum atomic E-state index is 0.388. The molecule has 0 aliphatic carbocycles. The first kappa shape index (κ1) is 12.4. The smallest absolute Gasteiger partial charge is 0.182 e. The topological polar surface area (TPSA) is 20.7 Å². The van der Waals surface area contributed by atoms with Crippen LogP contribution in [0.2, 0.25) is 5.02 Å². The molecule has 1 aromatic heterocycles. The predicted octanol–water partition coefficient (Wildman–Crippen LogP) is 4.62. The Morgan fingerprint density at radius 1 is 1.35 bits per heavy atom. The maximum absolute atomic E-state index is 6.26. The number of aromatic nitrogens is 2. The second-order valence-corrected chi connectivity index (χ2v) is 5.26. The van der Waals surface area contributed by atoms with E-state index in [0.29, 0.717) is 15.7 Å². The van der Waals surface area contributed by atoms with Gasteiger partial charge in [-0.1, -0.05) is 31.5 Å². The molecule has 0 radical (unpaired) electrons. The van der Waals surface area contributed by atoms with Gasteiger partial charge < -0.3 is 4.98 Å². The normalized spacial score (nSPS) is 11.1. The van der Waals surface area contributed by atoms with E-state index in [1.165, 1.54) is 5.56 Å². The predicted molar refractivity (Wildman–Crippen MR) is 74.8 cm³/mol. The fraction of sp³-hybridized carbons (Fsp3) is 0.308. The third-order valence-electron chi connectivity index (χ3n) is 2.74. The van der Waals surface area contributed by atoms with Crippen molar-refractivity contribution in [3.8, 4) is 5.69 Å². The molecule has 0 saturated heterocycles. The van der Waals surface area contributed by atoms with Gasteiger partial charge in [0.05, 0.1) is 10.7 Å². The molecule has 0 aliphatic heterocycles. The van der Waals surface area contributed by atoms with Crippen LogP contribution in [0.25, 0.3) is 5.69 Å². The number of imidazole rings is 1. The first-order valence-corrected chi connectivity index (χ1v) is 6.36. The van der Waals surface area contributed by atoms with E-state index in [1.807, 2.05) is 29.8 Å². The molecule has 0 spiro atoms. The molecule has 1 N–H and O–H groups in total. The quantitative estimate of drug-likeness (QED) is 0.787. The van der Waals surface area contributed by atoms with Crippen molar-refractivity contribution in [2.45, 2.75) is 26.7 Å². The molecule has 0 amide bonds. The van der Waals surface area contributed by atoms with Gasteiger partial charge in [-0.05, 0) is 42.8 Å². The molecule has 90 valence electrons. The molecular formula is C13H15ClN2S. The van der Waals surface area contributed by atoms with Crippen molar-refractivity contribution in [1.29, 1.82) is 0 Å². The van der Waals surface area contributed by atoms with Gasteiger partial charge in [0.2, 0.25) is 0 Å². The Hall–Kier alpha value is -1.06. The van der Waals surface area contributed by atoms with Crippen LogP contribution in [-0.2, 0) is 0 Å². The number of benzene rings is 1. The molecule has 0 atom stereocenters. The molecule has 2 nitrogen and oxygen atoms in total. The largest absolute Gasteiger partial charge is 0.337 e. The van der Waals surface area contributed by atoms with E-state index >= 15 is 0 Å². The summed E-state index contributed by atoms with van der Waals surface area (Å²) in [5, 5.41) is 0.716. The van der Waals surface area contributed by atoms with Gasteiger partial charge in [0, 0.05) is 11.9 Å². The highest BCUT2D eigenvalue weighted by molar-refractivity contribution is 7.71. The zero-order valence-electron chi connectivity index (χ0n) is 10.1. The van der Waals surface area contributed by atoms with Crippen LogP contribution in [0.4, 0.5) is 0 Å². The van der Waals surface area contributed by atoms with E-state index < -0.39 is 0 Å². The van der Waals surface area contributed by atoms with E-state index in [1.54, 1.807) is 0 Å². The number of aryl methyl sites for hydroxylation is 1. The van der Waals surface area contributed by atoms with Gasteiger partial charge in [-0.25, -0.2) is 0 Å². The maximum Gasteiger partial charge on any atom is 0.182 e. The number of nitrogens with one attached hydrogen (secondary N) is 1. The van der Waals surface area contributed by atoms with Crippen molar-refractivity contribution in [2.75, 3.05) is 0 Å². The highest BCUT2D eigenvalue weighted by Crippen LogP contribution is 2.26. The summed E-state index contributed by atoms with van der Waals surface area (Å²) in [6.07, 6.45) is 1.95. The fourth-order valence-electron chi connectivity index (χ4n) is 1.85. The summed E-state index contributed by atoms with van der Waals surface area (Å²) in [5.41, 5.74) is 3.26. The molecule has 0 saturated carbocycles. The van der Waals surface area contributed by atoms with Gasteiger partial charge >= 0.3 is 0 Å². The second-order valence-electron chi connectivity index (χ2n) is 4.46. The van der Waals surface area contributed by atoms with Crippen molar-refractivity contribution in [2.24, 2.45) is 0 Å². The van der Waals surface area contributed by atoms with Crippen LogP contribution in [0.5, 0.6) is 0 Å². The lowest BCUT2D eigenvalue weighted by molar-refractivity contribution is 0.783. The minimum Gasteiger partial charge on any atom is -0.337 e. The summed E-state index contributed by atoms with van der Waals surface area (Å²) in [5.74, 6) is 0.388. The van der Waals surface area contributed by atoms with Gasteiger partial charge in [0.1, 0.15) is 0 Å². The van der Waals surface area contributed by atoms with E-state index in [4.69, 9.17) is 23.8 Å². The fourth-order valence-corrected chi connectivity index (χ4v) is 2.31. The molecule has 0 unspecified atom stereocenters. The number of hydrogen-bond donors (Lipinski definition) is 1. The van der Waals surface area contributed by atoms with Gasteiger partial charge in [0.15, 0.2) is 4.77 Å². The van der Waals surface area contributed by atoms with E-state index in [0.717, 1.165) is 11.4 Å². The summed E-state index contributed by atoms with van der Waals surface area (Å²) in [6, 6.07) is 5.96. The third-order valence-corrected chi connectivity index (χ3v) is 3.36.